The lowest BCUT2D eigenvalue weighted by molar-refractivity contribution is -0.137. The second-order valence-corrected chi connectivity index (χ2v) is 7.04. The summed E-state index contributed by atoms with van der Waals surface area (Å²) in [5, 5.41) is 11.9. The Morgan fingerprint density at radius 3 is 2.75 bits per heavy atom. The van der Waals surface area contributed by atoms with Crippen LogP contribution in [0.1, 0.15) is 36.0 Å². The Bertz CT molecular complexity index is 575. The molecule has 130 valence electrons. The van der Waals surface area contributed by atoms with Gasteiger partial charge in [0.25, 0.3) is 0 Å². The average Bonchev–Trinajstić information content (AvgIpc) is 2.51. The van der Waals surface area contributed by atoms with E-state index in [1.165, 1.54) is 18.0 Å². The van der Waals surface area contributed by atoms with Gasteiger partial charge >= 0.3 is 5.97 Å². The third-order valence-corrected chi connectivity index (χ3v) is 5.21. The molecule has 1 atom stereocenters. The Balaban J connectivity index is 1.75. The first kappa shape index (κ1) is 18.4. The molecule has 1 aliphatic carbocycles. The molecule has 6 nitrogen and oxygen atoms in total. The van der Waals surface area contributed by atoms with Crippen molar-refractivity contribution in [3.05, 3.63) is 30.1 Å². The van der Waals surface area contributed by atoms with Crippen LogP contribution in [-0.2, 0) is 9.59 Å². The maximum absolute atomic E-state index is 12.4. The molecule has 0 aliphatic heterocycles. The number of carboxylic acid groups (broad SMARTS) is 1. The van der Waals surface area contributed by atoms with Gasteiger partial charge in [-0.2, -0.15) is 11.8 Å². The lowest BCUT2D eigenvalue weighted by atomic mass is 9.85. The number of rotatable bonds is 10. The number of nitrogens with zero attached hydrogens (tertiary/aromatic N) is 1. The number of pyridine rings is 1. The first-order chi connectivity index (χ1) is 11.6. The molecule has 24 heavy (non-hydrogen) atoms. The highest BCUT2D eigenvalue weighted by molar-refractivity contribution is 7.99. The normalized spacial score (nSPS) is 15.3. The zero-order valence-corrected chi connectivity index (χ0v) is 14.3. The first-order valence-corrected chi connectivity index (χ1v) is 9.25. The van der Waals surface area contributed by atoms with Gasteiger partial charge in [-0.1, -0.05) is 6.42 Å². The molecular weight excluding hydrogens is 328 g/mol. The summed E-state index contributed by atoms with van der Waals surface area (Å²) in [6, 6.07) is 3.31. The second-order valence-electron chi connectivity index (χ2n) is 5.89. The number of Topliss-reactive ketones (excluding diaryl/α,β-unsaturated/α-hetero) is 1. The summed E-state index contributed by atoms with van der Waals surface area (Å²) in [5.74, 6) is -0.419. The van der Waals surface area contributed by atoms with Gasteiger partial charge in [0.1, 0.15) is 0 Å². The van der Waals surface area contributed by atoms with Gasteiger partial charge in [0.15, 0.2) is 5.78 Å². The lowest BCUT2D eigenvalue weighted by Crippen LogP contribution is -2.35. The van der Waals surface area contributed by atoms with Gasteiger partial charge in [-0.15, -0.1) is 0 Å². The minimum atomic E-state index is -0.990. The largest absolute Gasteiger partial charge is 0.481 e. The van der Waals surface area contributed by atoms with Gasteiger partial charge in [-0.05, 0) is 25.0 Å². The highest BCUT2D eigenvalue weighted by atomic mass is 32.2. The first-order valence-electron chi connectivity index (χ1n) is 8.09. The molecule has 1 aliphatic rings. The molecule has 1 amide bonds. The van der Waals surface area contributed by atoms with Crippen LogP contribution in [-0.4, -0.2) is 45.8 Å². The average molecular weight is 350 g/mol. The summed E-state index contributed by atoms with van der Waals surface area (Å²) in [6.45, 7) is 0.543. The molecule has 0 saturated heterocycles. The fraction of sp³-hybridized carbons (Fsp3) is 0.529. The highest BCUT2D eigenvalue weighted by Crippen LogP contribution is 2.26. The van der Waals surface area contributed by atoms with Gasteiger partial charge in [0.2, 0.25) is 5.91 Å². The molecule has 2 N–H and O–H groups in total. The Morgan fingerprint density at radius 2 is 2.17 bits per heavy atom. The predicted octanol–water partition coefficient (Wildman–Crippen LogP) is 2.00. The van der Waals surface area contributed by atoms with Gasteiger partial charge in [0.05, 0.1) is 6.42 Å². The summed E-state index contributed by atoms with van der Waals surface area (Å²) in [5.41, 5.74) is 0.433. The molecule has 1 fully saturated rings. The summed E-state index contributed by atoms with van der Waals surface area (Å²) in [7, 11) is 0. The van der Waals surface area contributed by atoms with Crippen LogP contribution in [0.2, 0.25) is 0 Å². The molecule has 1 heterocycles. The van der Waals surface area contributed by atoms with Crippen molar-refractivity contribution in [1.82, 2.24) is 10.3 Å². The number of amides is 1. The number of thioether (sulfide) groups is 1. The van der Waals surface area contributed by atoms with E-state index in [9.17, 15) is 14.4 Å². The van der Waals surface area contributed by atoms with Crippen molar-refractivity contribution in [1.29, 1.82) is 0 Å². The van der Waals surface area contributed by atoms with Crippen LogP contribution < -0.4 is 5.32 Å². The molecule has 1 unspecified atom stereocenters. The van der Waals surface area contributed by atoms with E-state index in [0.717, 1.165) is 19.3 Å². The number of carbonyl (C=O) groups is 3. The van der Waals surface area contributed by atoms with E-state index in [4.69, 9.17) is 5.11 Å². The summed E-state index contributed by atoms with van der Waals surface area (Å²) in [6.07, 6.45) is 5.90. The van der Waals surface area contributed by atoms with Gasteiger partial charge in [-0.3, -0.25) is 19.4 Å². The van der Waals surface area contributed by atoms with E-state index in [2.05, 4.69) is 10.3 Å². The Labute approximate surface area is 145 Å². The highest BCUT2D eigenvalue weighted by Gasteiger charge is 2.25. The van der Waals surface area contributed by atoms with Crippen LogP contribution >= 0.6 is 11.8 Å². The molecule has 0 radical (unpaired) electrons. The van der Waals surface area contributed by atoms with Gasteiger partial charge in [-0.25, -0.2) is 0 Å². The Hall–Kier alpha value is -1.89. The van der Waals surface area contributed by atoms with E-state index in [-0.39, 0.29) is 24.0 Å². The smallest absolute Gasteiger partial charge is 0.304 e. The lowest BCUT2D eigenvalue weighted by Gasteiger charge is -2.24. The van der Waals surface area contributed by atoms with E-state index in [1.807, 2.05) is 0 Å². The number of ketones is 1. The fourth-order valence-electron chi connectivity index (χ4n) is 2.47. The molecule has 1 aromatic heterocycles. The summed E-state index contributed by atoms with van der Waals surface area (Å²) >= 11 is 1.49. The minimum absolute atomic E-state index is 0.107. The maximum Gasteiger partial charge on any atom is 0.304 e. The van der Waals surface area contributed by atoms with E-state index in [1.54, 1.807) is 18.3 Å². The third kappa shape index (κ3) is 5.63. The summed E-state index contributed by atoms with van der Waals surface area (Å²) in [4.78, 5) is 39.0. The summed E-state index contributed by atoms with van der Waals surface area (Å²) < 4.78 is 0. The topological polar surface area (TPSA) is 96.4 Å². The molecule has 0 bridgehead atoms. The monoisotopic (exact) mass is 350 g/mol. The molecule has 1 saturated carbocycles. The SMILES string of the molecule is O=C(O)CC(CSCCNC(=O)C1CCC1)C(=O)c1cccnc1. The van der Waals surface area contributed by atoms with Crippen molar-refractivity contribution in [3.63, 3.8) is 0 Å². The van der Waals surface area contributed by atoms with E-state index < -0.39 is 11.9 Å². The van der Waals surface area contributed by atoms with Crippen molar-refractivity contribution in [2.45, 2.75) is 25.7 Å². The zero-order valence-electron chi connectivity index (χ0n) is 13.4. The number of hydrogen-bond donors (Lipinski definition) is 2. The van der Waals surface area contributed by atoms with Crippen molar-refractivity contribution >= 4 is 29.4 Å². The number of aliphatic carboxylic acids is 1. The van der Waals surface area contributed by atoms with Crippen LogP contribution in [0, 0.1) is 11.8 Å². The molecule has 7 heteroatoms. The number of carbonyl (C=O) groups excluding carboxylic acids is 2. The van der Waals surface area contributed by atoms with Crippen molar-refractivity contribution in [3.8, 4) is 0 Å². The molecular formula is C17H22N2O4S. The third-order valence-electron chi connectivity index (χ3n) is 4.08. The van der Waals surface area contributed by atoms with Crippen molar-refractivity contribution in [2.75, 3.05) is 18.1 Å². The second kappa shape index (κ2) is 9.42. The molecule has 2 rings (SSSR count). The molecule has 0 spiro atoms. The quantitative estimate of drug-likeness (QED) is 0.495. The minimum Gasteiger partial charge on any atom is -0.481 e. The molecule has 1 aromatic rings. The van der Waals surface area contributed by atoms with E-state index >= 15 is 0 Å². The van der Waals surface area contributed by atoms with Gasteiger partial charge in [0, 0.05) is 47.8 Å². The van der Waals surface area contributed by atoms with E-state index in [0.29, 0.717) is 23.6 Å². The van der Waals surface area contributed by atoms with Gasteiger partial charge < -0.3 is 10.4 Å². The van der Waals surface area contributed by atoms with Crippen LogP contribution in [0.3, 0.4) is 0 Å². The zero-order chi connectivity index (χ0) is 17.4. The van der Waals surface area contributed by atoms with Crippen LogP contribution in [0.4, 0.5) is 0 Å². The predicted molar refractivity (Wildman–Crippen MR) is 92.0 cm³/mol. The number of nitrogens with one attached hydrogen (secondary N) is 1. The van der Waals surface area contributed by atoms with Crippen molar-refractivity contribution in [2.24, 2.45) is 11.8 Å². The Morgan fingerprint density at radius 1 is 1.38 bits per heavy atom. The van der Waals surface area contributed by atoms with Crippen LogP contribution in [0.25, 0.3) is 0 Å². The number of hydrogen-bond acceptors (Lipinski definition) is 5. The number of carboxylic acids is 1. The fourth-order valence-corrected chi connectivity index (χ4v) is 3.44. The maximum atomic E-state index is 12.4. The number of aromatic nitrogens is 1. The molecule has 0 aromatic carbocycles. The van der Waals surface area contributed by atoms with Crippen LogP contribution in [0.15, 0.2) is 24.5 Å². The van der Waals surface area contributed by atoms with Crippen molar-refractivity contribution < 1.29 is 19.5 Å². The Kier molecular flexibility index (Phi) is 7.24. The standard InChI is InChI=1S/C17H22N2O4S/c20-15(21)9-14(16(22)13-5-2-6-18-10-13)11-24-8-7-19-17(23)12-3-1-4-12/h2,5-6,10,12,14H,1,3-4,7-9,11H2,(H,19,23)(H,20,21). The van der Waals surface area contributed by atoms with Crippen LogP contribution in [0.5, 0.6) is 0 Å².